The van der Waals surface area contributed by atoms with Crippen LogP contribution in [0.4, 0.5) is 4.39 Å². The molecule has 0 saturated carbocycles. The Kier molecular flexibility index (Phi) is 2.71. The molecule has 0 bridgehead atoms. The van der Waals surface area contributed by atoms with Gasteiger partial charge in [0, 0.05) is 19.5 Å². The Balaban J connectivity index is 2.03. The highest BCUT2D eigenvalue weighted by Crippen LogP contribution is 2.19. The van der Waals surface area contributed by atoms with Crippen LogP contribution in [0.5, 0.6) is 5.75 Å². The molecule has 3 nitrogen and oxygen atoms in total. The highest BCUT2D eigenvalue weighted by Gasteiger charge is 2.09. The van der Waals surface area contributed by atoms with Crippen LogP contribution in [0.2, 0.25) is 0 Å². The van der Waals surface area contributed by atoms with Crippen molar-refractivity contribution >= 4 is 11.0 Å². The van der Waals surface area contributed by atoms with Gasteiger partial charge >= 0.3 is 0 Å². The number of hydrogen-bond donors (Lipinski definition) is 1. The van der Waals surface area contributed by atoms with Crippen LogP contribution in [0.1, 0.15) is 11.4 Å². The number of benzene rings is 2. The van der Waals surface area contributed by atoms with Gasteiger partial charge in [-0.2, -0.15) is 0 Å². The summed E-state index contributed by atoms with van der Waals surface area (Å²) in [5.74, 6) is 0.794. The number of rotatable bonds is 2. The third kappa shape index (κ3) is 2.17. The lowest BCUT2D eigenvalue weighted by molar-refractivity contribution is 0.474. The first kappa shape index (κ1) is 11.7. The maximum Gasteiger partial charge on any atom is 0.125 e. The smallest absolute Gasteiger partial charge is 0.125 e. The van der Waals surface area contributed by atoms with Gasteiger partial charge in [0.05, 0.1) is 11.0 Å². The van der Waals surface area contributed by atoms with Crippen molar-refractivity contribution in [3.05, 3.63) is 59.7 Å². The average Bonchev–Trinajstić information content (AvgIpc) is 2.66. The molecule has 3 aromatic rings. The first-order chi connectivity index (χ1) is 9.13. The highest BCUT2D eigenvalue weighted by molar-refractivity contribution is 5.76. The van der Waals surface area contributed by atoms with Crippen molar-refractivity contribution in [2.24, 2.45) is 7.05 Å². The Morgan fingerprint density at radius 3 is 2.84 bits per heavy atom. The summed E-state index contributed by atoms with van der Waals surface area (Å²) in [5, 5.41) is 9.46. The first-order valence-electron chi connectivity index (χ1n) is 6.02. The number of nitrogens with zero attached hydrogens (tertiary/aromatic N) is 2. The van der Waals surface area contributed by atoms with Crippen LogP contribution < -0.4 is 0 Å². The second kappa shape index (κ2) is 4.39. The minimum Gasteiger partial charge on any atom is -0.508 e. The minimum absolute atomic E-state index is 0.238. The fourth-order valence-electron chi connectivity index (χ4n) is 2.23. The molecule has 2 aromatic carbocycles. The maximum absolute atomic E-state index is 13.2. The zero-order valence-corrected chi connectivity index (χ0v) is 10.5. The van der Waals surface area contributed by atoms with Crippen molar-refractivity contribution in [3.63, 3.8) is 0 Å². The van der Waals surface area contributed by atoms with Gasteiger partial charge in [0.2, 0.25) is 0 Å². The van der Waals surface area contributed by atoms with E-state index >= 15 is 0 Å². The quantitative estimate of drug-likeness (QED) is 0.765. The van der Waals surface area contributed by atoms with Gasteiger partial charge in [-0.1, -0.05) is 12.1 Å². The molecule has 1 aromatic heterocycles. The number of aryl methyl sites for hydroxylation is 1. The summed E-state index contributed by atoms with van der Waals surface area (Å²) in [4.78, 5) is 4.44. The Hall–Kier alpha value is -2.36. The molecule has 0 spiro atoms. The van der Waals surface area contributed by atoms with Crippen molar-refractivity contribution in [3.8, 4) is 5.75 Å². The maximum atomic E-state index is 13.2. The van der Waals surface area contributed by atoms with E-state index in [0.29, 0.717) is 11.9 Å². The summed E-state index contributed by atoms with van der Waals surface area (Å²) in [6.45, 7) is 0. The molecule has 3 rings (SSSR count). The zero-order chi connectivity index (χ0) is 13.4. The number of hydrogen-bond acceptors (Lipinski definition) is 2. The van der Waals surface area contributed by atoms with E-state index in [2.05, 4.69) is 4.98 Å². The van der Waals surface area contributed by atoms with Gasteiger partial charge in [0.15, 0.2) is 0 Å². The first-order valence-corrected chi connectivity index (χ1v) is 6.02. The monoisotopic (exact) mass is 256 g/mol. The largest absolute Gasteiger partial charge is 0.508 e. The molecule has 0 atom stereocenters. The molecule has 0 aliphatic rings. The van der Waals surface area contributed by atoms with Gasteiger partial charge in [-0.05, 0) is 29.8 Å². The molecule has 96 valence electrons. The van der Waals surface area contributed by atoms with E-state index in [1.807, 2.05) is 17.7 Å². The summed E-state index contributed by atoms with van der Waals surface area (Å²) < 4.78 is 15.1. The molecule has 0 saturated heterocycles. The summed E-state index contributed by atoms with van der Waals surface area (Å²) >= 11 is 0. The third-order valence-corrected chi connectivity index (χ3v) is 3.21. The van der Waals surface area contributed by atoms with Crippen LogP contribution in [-0.2, 0) is 13.5 Å². The second-order valence-corrected chi connectivity index (χ2v) is 4.57. The summed E-state index contributed by atoms with van der Waals surface area (Å²) in [6.07, 6.45) is 0.598. The average molecular weight is 256 g/mol. The van der Waals surface area contributed by atoms with Gasteiger partial charge in [-0.3, -0.25) is 0 Å². The van der Waals surface area contributed by atoms with E-state index in [4.69, 9.17) is 0 Å². The predicted octanol–water partition coefficient (Wildman–Crippen LogP) is 3.01. The van der Waals surface area contributed by atoms with Gasteiger partial charge in [0.1, 0.15) is 17.4 Å². The van der Waals surface area contributed by atoms with Crippen molar-refractivity contribution < 1.29 is 9.50 Å². The normalized spacial score (nSPS) is 11.1. The van der Waals surface area contributed by atoms with Crippen LogP contribution in [0.3, 0.4) is 0 Å². The highest BCUT2D eigenvalue weighted by atomic mass is 19.1. The van der Waals surface area contributed by atoms with Gasteiger partial charge < -0.3 is 9.67 Å². The molecule has 0 radical (unpaired) electrons. The van der Waals surface area contributed by atoms with E-state index in [0.717, 1.165) is 16.9 Å². The van der Waals surface area contributed by atoms with Crippen molar-refractivity contribution in [2.45, 2.75) is 6.42 Å². The van der Waals surface area contributed by atoms with Crippen LogP contribution >= 0.6 is 0 Å². The second-order valence-electron chi connectivity index (χ2n) is 4.57. The fourth-order valence-corrected chi connectivity index (χ4v) is 2.23. The number of fused-ring (bicyclic) bond motifs is 1. The van der Waals surface area contributed by atoms with Gasteiger partial charge in [-0.25, -0.2) is 9.37 Å². The summed E-state index contributed by atoms with van der Waals surface area (Å²) in [6, 6.07) is 11.7. The number of aromatic nitrogens is 2. The Morgan fingerprint density at radius 2 is 2.05 bits per heavy atom. The van der Waals surface area contributed by atoms with Gasteiger partial charge in [-0.15, -0.1) is 0 Å². The zero-order valence-electron chi connectivity index (χ0n) is 10.5. The van der Waals surface area contributed by atoms with E-state index in [1.54, 1.807) is 24.3 Å². The third-order valence-electron chi connectivity index (χ3n) is 3.21. The Morgan fingerprint density at radius 1 is 1.21 bits per heavy atom. The molecular weight excluding hydrogens is 243 g/mol. The van der Waals surface area contributed by atoms with Crippen LogP contribution in [0.25, 0.3) is 11.0 Å². The molecule has 1 N–H and O–H groups in total. The standard InChI is InChI=1S/C15H13FN2O/c1-18-14-6-5-11(16)9-13(14)17-15(18)8-10-3-2-4-12(19)7-10/h2-7,9,19H,8H2,1H3. The van der Waals surface area contributed by atoms with Crippen molar-refractivity contribution in [2.75, 3.05) is 0 Å². The molecule has 0 unspecified atom stereocenters. The molecule has 0 aliphatic heterocycles. The summed E-state index contributed by atoms with van der Waals surface area (Å²) in [7, 11) is 1.91. The minimum atomic E-state index is -0.283. The fraction of sp³-hybridized carbons (Fsp3) is 0.133. The lowest BCUT2D eigenvalue weighted by atomic mass is 10.1. The van der Waals surface area contributed by atoms with E-state index in [9.17, 15) is 9.50 Å². The molecular formula is C15H13FN2O. The van der Waals surface area contributed by atoms with Crippen molar-refractivity contribution in [1.82, 2.24) is 9.55 Å². The Bertz CT molecular complexity index is 749. The molecule has 1 heterocycles. The lowest BCUT2D eigenvalue weighted by Crippen LogP contribution is -1.98. The van der Waals surface area contributed by atoms with Crippen molar-refractivity contribution in [1.29, 1.82) is 0 Å². The van der Waals surface area contributed by atoms with Crippen LogP contribution in [0, 0.1) is 5.82 Å². The number of aromatic hydroxyl groups is 1. The van der Waals surface area contributed by atoms with E-state index < -0.39 is 0 Å². The molecule has 4 heteroatoms. The SMILES string of the molecule is Cn1c(Cc2cccc(O)c2)nc2cc(F)ccc21. The molecule has 19 heavy (non-hydrogen) atoms. The molecule has 0 amide bonds. The predicted molar refractivity (Wildman–Crippen MR) is 71.6 cm³/mol. The number of phenols is 1. The molecule has 0 aliphatic carbocycles. The number of halogens is 1. The summed E-state index contributed by atoms with van der Waals surface area (Å²) in [5.41, 5.74) is 2.52. The van der Waals surface area contributed by atoms with E-state index in [1.165, 1.54) is 12.1 Å². The Labute approximate surface area is 109 Å². The topological polar surface area (TPSA) is 38.0 Å². The molecule has 0 fully saturated rings. The number of phenolic OH excluding ortho intramolecular Hbond substituents is 1. The van der Waals surface area contributed by atoms with Crippen LogP contribution in [-0.4, -0.2) is 14.7 Å². The van der Waals surface area contributed by atoms with E-state index in [-0.39, 0.29) is 11.6 Å². The lowest BCUT2D eigenvalue weighted by Gasteiger charge is -2.03. The van der Waals surface area contributed by atoms with Crippen LogP contribution in [0.15, 0.2) is 42.5 Å². The number of imidazole rings is 1. The van der Waals surface area contributed by atoms with Gasteiger partial charge in [0.25, 0.3) is 0 Å².